The molecule has 3 aromatic heterocycles. The molecule has 0 bridgehead atoms. The summed E-state index contributed by atoms with van der Waals surface area (Å²) in [5.74, 6) is 0.715. The number of carbonyl (C=O) groups excluding carboxylic acids is 1. The smallest absolute Gasteiger partial charge is 0.236 e. The first-order valence-corrected chi connectivity index (χ1v) is 8.93. The van der Waals surface area contributed by atoms with Crippen LogP contribution < -0.4 is 5.32 Å². The van der Waals surface area contributed by atoms with Crippen LogP contribution in [-0.4, -0.2) is 44.9 Å². The predicted octanol–water partition coefficient (Wildman–Crippen LogP) is 2.78. The fourth-order valence-electron chi connectivity index (χ4n) is 3.73. The Morgan fingerprint density at radius 1 is 1.48 bits per heavy atom. The lowest BCUT2D eigenvalue weighted by molar-refractivity contribution is -0.132. The van der Waals surface area contributed by atoms with E-state index in [1.807, 2.05) is 18.3 Å². The summed E-state index contributed by atoms with van der Waals surface area (Å²) in [4.78, 5) is 25.8. The number of pyridine rings is 1. The maximum atomic E-state index is 12.2. The number of likely N-dealkylation sites (tertiary alicyclic amines) is 1. The van der Waals surface area contributed by atoms with Crippen molar-refractivity contribution >= 4 is 22.6 Å². The Labute approximate surface area is 156 Å². The monoisotopic (exact) mass is 364 g/mol. The van der Waals surface area contributed by atoms with E-state index in [-0.39, 0.29) is 18.4 Å². The molecule has 1 aliphatic rings. The number of hydrogen-bond acceptors (Lipinski definition) is 6. The van der Waals surface area contributed by atoms with E-state index < -0.39 is 0 Å². The number of rotatable bonds is 4. The van der Waals surface area contributed by atoms with Gasteiger partial charge >= 0.3 is 0 Å². The van der Waals surface area contributed by atoms with Gasteiger partial charge in [-0.3, -0.25) is 4.79 Å². The van der Waals surface area contributed by atoms with E-state index in [9.17, 15) is 4.79 Å². The van der Waals surface area contributed by atoms with Crippen molar-refractivity contribution in [2.24, 2.45) is 5.92 Å². The van der Waals surface area contributed by atoms with Crippen LogP contribution in [0.4, 0.5) is 5.69 Å². The van der Waals surface area contributed by atoms with Gasteiger partial charge in [0.05, 0.1) is 23.5 Å². The van der Waals surface area contributed by atoms with Gasteiger partial charge in [0.15, 0.2) is 0 Å². The van der Waals surface area contributed by atoms with Crippen molar-refractivity contribution in [3.8, 4) is 17.5 Å². The van der Waals surface area contributed by atoms with Gasteiger partial charge in [0, 0.05) is 36.9 Å². The lowest BCUT2D eigenvalue weighted by Gasteiger charge is -2.37. The highest BCUT2D eigenvalue weighted by Crippen LogP contribution is 2.34. The highest BCUT2D eigenvalue weighted by atomic mass is 16.3. The summed E-state index contributed by atoms with van der Waals surface area (Å²) < 4.78 is 5.49. The maximum Gasteiger partial charge on any atom is 0.236 e. The number of nitrogens with one attached hydrogen (secondary N) is 2. The zero-order chi connectivity index (χ0) is 18.8. The molecule has 0 spiro atoms. The molecule has 0 unspecified atom stereocenters. The standard InChI is InChI=1S/C19H20N6O2/c1-12-8-13(11-25(10-12)16(26)2-4-20)24-17-14-3-5-21-18(14)23-9-15(17)19-22-6-7-27-19/h3,5-7,9,12-13H,2,8,10-11H2,1H3,(H2,21,23,24)/t12-,13-/m0/s1. The van der Waals surface area contributed by atoms with E-state index >= 15 is 0 Å². The summed E-state index contributed by atoms with van der Waals surface area (Å²) in [7, 11) is 0. The summed E-state index contributed by atoms with van der Waals surface area (Å²) >= 11 is 0. The molecule has 0 aromatic carbocycles. The van der Waals surface area contributed by atoms with Gasteiger partial charge in [0.25, 0.3) is 0 Å². The normalized spacial score (nSPS) is 19.8. The molecule has 1 amide bonds. The van der Waals surface area contributed by atoms with Crippen LogP contribution in [0.3, 0.4) is 0 Å². The molecule has 3 aromatic rings. The molecule has 0 aliphatic carbocycles. The van der Waals surface area contributed by atoms with Gasteiger partial charge in [-0.2, -0.15) is 5.26 Å². The van der Waals surface area contributed by atoms with Crippen molar-refractivity contribution < 1.29 is 9.21 Å². The molecule has 8 nitrogen and oxygen atoms in total. The lowest BCUT2D eigenvalue weighted by atomic mass is 9.95. The largest absolute Gasteiger partial charge is 0.444 e. The van der Waals surface area contributed by atoms with E-state index in [1.165, 1.54) is 6.26 Å². The van der Waals surface area contributed by atoms with Crippen molar-refractivity contribution in [3.63, 3.8) is 0 Å². The van der Waals surface area contributed by atoms with E-state index in [1.54, 1.807) is 17.3 Å². The van der Waals surface area contributed by atoms with Crippen LogP contribution in [0.15, 0.2) is 35.3 Å². The highest BCUT2D eigenvalue weighted by Gasteiger charge is 2.29. The second-order valence-corrected chi connectivity index (χ2v) is 6.94. The molecule has 0 radical (unpaired) electrons. The van der Waals surface area contributed by atoms with Gasteiger partial charge < -0.3 is 19.6 Å². The zero-order valence-electron chi connectivity index (χ0n) is 15.0. The third kappa shape index (κ3) is 3.36. The Balaban J connectivity index is 1.66. The number of anilines is 1. The average molecular weight is 364 g/mol. The third-order valence-electron chi connectivity index (χ3n) is 4.84. The van der Waals surface area contributed by atoms with Crippen LogP contribution in [0.2, 0.25) is 0 Å². The summed E-state index contributed by atoms with van der Waals surface area (Å²) in [5.41, 5.74) is 2.43. The molecule has 4 heterocycles. The number of H-pyrrole nitrogens is 1. The van der Waals surface area contributed by atoms with Crippen LogP contribution in [0.5, 0.6) is 0 Å². The van der Waals surface area contributed by atoms with Gasteiger partial charge in [0.2, 0.25) is 11.8 Å². The number of carbonyl (C=O) groups is 1. The molecule has 138 valence electrons. The topological polar surface area (TPSA) is 111 Å². The van der Waals surface area contributed by atoms with Crippen molar-refractivity contribution in [2.75, 3.05) is 18.4 Å². The number of aromatic nitrogens is 3. The number of aromatic amines is 1. The molecule has 2 atom stereocenters. The second-order valence-electron chi connectivity index (χ2n) is 6.94. The summed E-state index contributed by atoms with van der Waals surface area (Å²) in [6, 6.07) is 3.97. The second kappa shape index (κ2) is 7.11. The first-order chi connectivity index (χ1) is 13.2. The van der Waals surface area contributed by atoms with Crippen molar-refractivity contribution in [2.45, 2.75) is 25.8 Å². The van der Waals surface area contributed by atoms with Crippen molar-refractivity contribution in [1.82, 2.24) is 19.9 Å². The molecule has 4 rings (SSSR count). The summed E-state index contributed by atoms with van der Waals surface area (Å²) in [5, 5.41) is 13.4. The fraction of sp³-hybridized carbons (Fsp3) is 0.368. The van der Waals surface area contributed by atoms with Gasteiger partial charge in [0.1, 0.15) is 18.3 Å². The molecule has 1 saturated heterocycles. The molecule has 8 heteroatoms. The van der Waals surface area contributed by atoms with Crippen LogP contribution in [0, 0.1) is 17.2 Å². The van der Waals surface area contributed by atoms with Gasteiger partial charge in [-0.25, -0.2) is 9.97 Å². The zero-order valence-corrected chi connectivity index (χ0v) is 15.0. The fourth-order valence-corrected chi connectivity index (χ4v) is 3.73. The van der Waals surface area contributed by atoms with E-state index in [0.717, 1.165) is 28.7 Å². The van der Waals surface area contributed by atoms with Crippen LogP contribution in [0.1, 0.15) is 19.8 Å². The molecule has 1 aliphatic heterocycles. The van der Waals surface area contributed by atoms with Crippen LogP contribution in [0.25, 0.3) is 22.5 Å². The Bertz CT molecular complexity index is 987. The number of fused-ring (bicyclic) bond motifs is 1. The Morgan fingerprint density at radius 3 is 3.15 bits per heavy atom. The minimum absolute atomic E-state index is 0.0607. The molecular weight excluding hydrogens is 344 g/mol. The third-order valence-corrected chi connectivity index (χ3v) is 4.84. The molecule has 2 N–H and O–H groups in total. The number of piperidine rings is 1. The molecule has 0 saturated carbocycles. The summed E-state index contributed by atoms with van der Waals surface area (Å²) in [6.07, 6.45) is 7.55. The summed E-state index contributed by atoms with van der Waals surface area (Å²) in [6.45, 7) is 3.36. The molecule has 27 heavy (non-hydrogen) atoms. The average Bonchev–Trinajstić information content (AvgIpc) is 3.33. The molecular formula is C19H20N6O2. The first kappa shape index (κ1) is 17.1. The highest BCUT2D eigenvalue weighted by molar-refractivity contribution is 5.97. The van der Waals surface area contributed by atoms with Crippen LogP contribution >= 0.6 is 0 Å². The van der Waals surface area contributed by atoms with Gasteiger partial charge in [-0.05, 0) is 18.4 Å². The van der Waals surface area contributed by atoms with Gasteiger partial charge in [-0.15, -0.1) is 0 Å². The number of nitriles is 1. The first-order valence-electron chi connectivity index (χ1n) is 8.93. The maximum absolute atomic E-state index is 12.2. The number of nitrogens with zero attached hydrogens (tertiary/aromatic N) is 4. The van der Waals surface area contributed by atoms with Gasteiger partial charge in [-0.1, -0.05) is 6.92 Å². The predicted molar refractivity (Wildman–Crippen MR) is 99.6 cm³/mol. The number of hydrogen-bond donors (Lipinski definition) is 2. The quantitative estimate of drug-likeness (QED) is 0.736. The lowest BCUT2D eigenvalue weighted by Crippen LogP contribution is -2.48. The SMILES string of the molecule is C[C@H]1C[C@H](Nc2c(-c3ncco3)cnc3[nH]ccc23)CN(C(=O)CC#N)C1. The van der Waals surface area contributed by atoms with E-state index in [4.69, 9.17) is 9.68 Å². The number of oxazole rings is 1. The Morgan fingerprint density at radius 2 is 2.37 bits per heavy atom. The number of amides is 1. The van der Waals surface area contributed by atoms with E-state index in [0.29, 0.717) is 24.9 Å². The minimum atomic E-state index is -0.120. The van der Waals surface area contributed by atoms with Crippen LogP contribution in [-0.2, 0) is 4.79 Å². The van der Waals surface area contributed by atoms with E-state index in [2.05, 4.69) is 27.2 Å². The Hall–Kier alpha value is -3.34. The Kier molecular flexibility index (Phi) is 4.50. The minimum Gasteiger partial charge on any atom is -0.444 e. The van der Waals surface area contributed by atoms with Crippen molar-refractivity contribution in [3.05, 3.63) is 30.9 Å². The molecule has 1 fully saturated rings. The van der Waals surface area contributed by atoms with Crippen molar-refractivity contribution in [1.29, 1.82) is 5.26 Å².